The lowest BCUT2D eigenvalue weighted by molar-refractivity contribution is 0.0999. The molecule has 0 aliphatic carbocycles. The van der Waals surface area contributed by atoms with Crippen LogP contribution < -0.4 is 5.32 Å². The summed E-state index contributed by atoms with van der Waals surface area (Å²) in [5.74, 6) is -0.218. The number of benzene rings is 2. The van der Waals surface area contributed by atoms with Crippen LogP contribution in [0.3, 0.4) is 0 Å². The summed E-state index contributed by atoms with van der Waals surface area (Å²) in [6.45, 7) is 3.77. The van der Waals surface area contributed by atoms with Crippen molar-refractivity contribution in [1.29, 1.82) is 0 Å². The number of para-hydroxylation sites is 1. The molecule has 4 heteroatoms. The quantitative estimate of drug-likeness (QED) is 0.911. The third-order valence-corrected chi connectivity index (χ3v) is 3.68. The van der Waals surface area contributed by atoms with Crippen LogP contribution in [0.1, 0.15) is 39.6 Å². The Labute approximate surface area is 128 Å². The molecule has 0 bridgehead atoms. The van der Waals surface area contributed by atoms with Crippen molar-refractivity contribution in [3.63, 3.8) is 0 Å². The van der Waals surface area contributed by atoms with Gasteiger partial charge in [-0.2, -0.15) is 0 Å². The van der Waals surface area contributed by atoms with E-state index in [1.165, 1.54) is 0 Å². The first-order chi connectivity index (χ1) is 10.5. The van der Waals surface area contributed by atoms with Gasteiger partial charge in [-0.05, 0) is 43.7 Å². The fraction of sp³-hybridized carbons (Fsp3) is 0.167. The number of hydrogen-bond acceptors (Lipinski definition) is 3. The predicted octanol–water partition coefficient (Wildman–Crippen LogP) is 3.93. The highest BCUT2D eigenvalue weighted by Gasteiger charge is 2.19. The van der Waals surface area contributed by atoms with E-state index in [0.29, 0.717) is 23.2 Å². The molecule has 1 aliphatic heterocycles. The molecule has 0 unspecified atom stereocenters. The van der Waals surface area contributed by atoms with Crippen molar-refractivity contribution in [1.82, 2.24) is 0 Å². The molecule has 0 fully saturated rings. The lowest BCUT2D eigenvalue weighted by atomic mass is 9.98. The molecule has 1 heterocycles. The van der Waals surface area contributed by atoms with Gasteiger partial charge in [0.15, 0.2) is 5.78 Å². The van der Waals surface area contributed by atoms with Gasteiger partial charge in [0.25, 0.3) is 5.91 Å². The molecule has 3 rings (SSSR count). The van der Waals surface area contributed by atoms with Crippen molar-refractivity contribution in [3.8, 4) is 0 Å². The van der Waals surface area contributed by atoms with Crippen LogP contribution in [0.5, 0.6) is 0 Å². The van der Waals surface area contributed by atoms with Gasteiger partial charge in [-0.3, -0.25) is 14.6 Å². The first-order valence-electron chi connectivity index (χ1n) is 7.13. The van der Waals surface area contributed by atoms with E-state index < -0.39 is 0 Å². The van der Waals surface area contributed by atoms with Gasteiger partial charge in [0.05, 0.1) is 5.69 Å². The molecule has 0 spiro atoms. The number of ketones is 1. The number of carbonyl (C=O) groups is 2. The van der Waals surface area contributed by atoms with Crippen molar-refractivity contribution in [3.05, 3.63) is 59.2 Å². The zero-order chi connectivity index (χ0) is 15.7. The summed E-state index contributed by atoms with van der Waals surface area (Å²) in [6, 6.07) is 12.6. The minimum Gasteiger partial charge on any atom is -0.322 e. The van der Waals surface area contributed by atoms with Crippen LogP contribution in [0.15, 0.2) is 47.5 Å². The van der Waals surface area contributed by atoms with Gasteiger partial charge in [-0.15, -0.1) is 0 Å². The molecule has 22 heavy (non-hydrogen) atoms. The average molecular weight is 292 g/mol. The Kier molecular flexibility index (Phi) is 3.59. The highest BCUT2D eigenvalue weighted by atomic mass is 16.1. The SMILES string of the molecule is CC1=Nc2ccc(C(=O)Nc3ccccc3C)cc2C(=O)C1. The van der Waals surface area contributed by atoms with Crippen molar-refractivity contribution in [2.45, 2.75) is 20.3 Å². The van der Waals surface area contributed by atoms with Gasteiger partial charge in [0, 0.05) is 28.9 Å². The number of nitrogens with zero attached hydrogens (tertiary/aromatic N) is 1. The first-order valence-corrected chi connectivity index (χ1v) is 7.13. The molecule has 1 amide bonds. The lowest BCUT2D eigenvalue weighted by Gasteiger charge is -2.14. The zero-order valence-electron chi connectivity index (χ0n) is 12.5. The Morgan fingerprint density at radius 2 is 1.91 bits per heavy atom. The van der Waals surface area contributed by atoms with E-state index in [-0.39, 0.29) is 11.7 Å². The van der Waals surface area contributed by atoms with Gasteiger partial charge < -0.3 is 5.32 Å². The van der Waals surface area contributed by atoms with Crippen molar-refractivity contribution in [2.75, 3.05) is 5.32 Å². The molecule has 1 aliphatic rings. The minimum absolute atomic E-state index is 0.00745. The largest absolute Gasteiger partial charge is 0.322 e. The number of fused-ring (bicyclic) bond motifs is 1. The second-order valence-corrected chi connectivity index (χ2v) is 5.45. The Morgan fingerprint density at radius 1 is 1.14 bits per heavy atom. The van der Waals surface area contributed by atoms with Crippen LogP contribution in [-0.4, -0.2) is 17.4 Å². The van der Waals surface area contributed by atoms with E-state index in [1.807, 2.05) is 38.1 Å². The predicted molar refractivity (Wildman–Crippen MR) is 87.3 cm³/mol. The fourth-order valence-electron chi connectivity index (χ4n) is 2.48. The molecular weight excluding hydrogens is 276 g/mol. The van der Waals surface area contributed by atoms with Gasteiger partial charge in [-0.25, -0.2) is 0 Å². The van der Waals surface area contributed by atoms with Crippen molar-refractivity contribution >= 4 is 28.8 Å². The number of Topliss-reactive ketones (excluding diaryl/α,β-unsaturated/α-hetero) is 1. The lowest BCUT2D eigenvalue weighted by Crippen LogP contribution is -2.15. The highest BCUT2D eigenvalue weighted by molar-refractivity contribution is 6.16. The normalized spacial score (nSPS) is 13.4. The summed E-state index contributed by atoms with van der Waals surface area (Å²) in [5, 5.41) is 2.87. The van der Waals surface area contributed by atoms with E-state index in [1.54, 1.807) is 18.2 Å². The number of amides is 1. The fourth-order valence-corrected chi connectivity index (χ4v) is 2.48. The molecule has 110 valence electrons. The van der Waals surface area contributed by atoms with Crippen LogP contribution in [0.25, 0.3) is 0 Å². The zero-order valence-corrected chi connectivity index (χ0v) is 12.5. The summed E-state index contributed by atoms with van der Waals surface area (Å²) in [4.78, 5) is 28.8. The molecule has 0 radical (unpaired) electrons. The van der Waals surface area contributed by atoms with Crippen LogP contribution in [0, 0.1) is 6.92 Å². The summed E-state index contributed by atoms with van der Waals surface area (Å²) in [5.41, 5.74) is 4.18. The number of anilines is 1. The molecule has 0 saturated carbocycles. The van der Waals surface area contributed by atoms with Crippen LogP contribution >= 0.6 is 0 Å². The molecule has 1 N–H and O–H groups in total. The molecule has 4 nitrogen and oxygen atoms in total. The highest BCUT2D eigenvalue weighted by Crippen LogP contribution is 2.27. The number of nitrogens with one attached hydrogen (secondary N) is 1. The molecule has 0 aromatic heterocycles. The standard InChI is InChI=1S/C18H16N2O2/c1-11-5-3-4-6-15(11)20-18(22)13-7-8-16-14(10-13)17(21)9-12(2)19-16/h3-8,10H,9H2,1-2H3,(H,20,22). The number of rotatable bonds is 2. The maximum atomic E-state index is 12.4. The summed E-state index contributed by atoms with van der Waals surface area (Å²) >= 11 is 0. The number of aliphatic imine (C=N–C) groups is 1. The Morgan fingerprint density at radius 3 is 2.68 bits per heavy atom. The van der Waals surface area contributed by atoms with Gasteiger partial charge in [-0.1, -0.05) is 18.2 Å². The van der Waals surface area contributed by atoms with E-state index in [0.717, 1.165) is 17.0 Å². The molecule has 0 atom stereocenters. The number of hydrogen-bond donors (Lipinski definition) is 1. The van der Waals surface area contributed by atoms with Crippen LogP contribution in [0.4, 0.5) is 11.4 Å². The molecule has 0 saturated heterocycles. The van der Waals surface area contributed by atoms with Crippen LogP contribution in [-0.2, 0) is 0 Å². The number of aryl methyl sites for hydroxylation is 1. The molecule has 2 aromatic rings. The average Bonchev–Trinajstić information content (AvgIpc) is 2.49. The number of carbonyl (C=O) groups excluding carboxylic acids is 2. The summed E-state index contributed by atoms with van der Waals surface area (Å²) in [7, 11) is 0. The van der Waals surface area contributed by atoms with Gasteiger partial charge >= 0.3 is 0 Å². The Bertz CT molecular complexity index is 806. The minimum atomic E-state index is -0.226. The van der Waals surface area contributed by atoms with E-state index in [2.05, 4.69) is 10.3 Å². The monoisotopic (exact) mass is 292 g/mol. The van der Waals surface area contributed by atoms with Crippen LogP contribution in [0.2, 0.25) is 0 Å². The second kappa shape index (κ2) is 5.56. The first kappa shape index (κ1) is 14.2. The van der Waals surface area contributed by atoms with Gasteiger partial charge in [0.2, 0.25) is 0 Å². The second-order valence-electron chi connectivity index (χ2n) is 5.45. The third-order valence-electron chi connectivity index (χ3n) is 3.68. The van der Waals surface area contributed by atoms with Gasteiger partial charge in [0.1, 0.15) is 0 Å². The van der Waals surface area contributed by atoms with Crippen molar-refractivity contribution in [2.24, 2.45) is 4.99 Å². The molecular formula is C18H16N2O2. The maximum absolute atomic E-state index is 12.4. The smallest absolute Gasteiger partial charge is 0.255 e. The maximum Gasteiger partial charge on any atom is 0.255 e. The Hall–Kier alpha value is -2.75. The molecule has 2 aromatic carbocycles. The van der Waals surface area contributed by atoms with E-state index in [9.17, 15) is 9.59 Å². The third kappa shape index (κ3) is 2.68. The topological polar surface area (TPSA) is 58.5 Å². The summed E-state index contributed by atoms with van der Waals surface area (Å²) < 4.78 is 0. The van der Waals surface area contributed by atoms with Crippen molar-refractivity contribution < 1.29 is 9.59 Å². The van der Waals surface area contributed by atoms with E-state index >= 15 is 0 Å². The summed E-state index contributed by atoms with van der Waals surface area (Å²) in [6.07, 6.45) is 0.315. The van der Waals surface area contributed by atoms with E-state index in [4.69, 9.17) is 0 Å². The Balaban J connectivity index is 1.90.